The van der Waals surface area contributed by atoms with E-state index in [0.717, 1.165) is 24.6 Å². The Morgan fingerprint density at radius 1 is 1.50 bits per heavy atom. The summed E-state index contributed by atoms with van der Waals surface area (Å²) >= 11 is 6.21. The van der Waals surface area contributed by atoms with Crippen LogP contribution in [0.25, 0.3) is 0 Å². The molecule has 3 heteroatoms. The first-order valence-corrected chi connectivity index (χ1v) is 7.22. The van der Waals surface area contributed by atoms with Crippen molar-refractivity contribution < 1.29 is 5.11 Å². The summed E-state index contributed by atoms with van der Waals surface area (Å²) in [6, 6.07) is 6.00. The zero-order valence-corrected chi connectivity index (χ0v) is 12.0. The predicted molar refractivity (Wildman–Crippen MR) is 77.3 cm³/mol. The molecular weight excluding hydrogens is 246 g/mol. The number of rotatable bonds is 4. The third-order valence-corrected chi connectivity index (χ3v) is 4.11. The number of hydrogen-bond donors (Lipinski definition) is 1. The molecule has 2 unspecified atom stereocenters. The number of halogens is 1. The molecule has 2 rings (SSSR count). The largest absolute Gasteiger partial charge is 0.389 e. The van der Waals surface area contributed by atoms with Gasteiger partial charge >= 0.3 is 0 Å². The van der Waals surface area contributed by atoms with Gasteiger partial charge in [0, 0.05) is 23.8 Å². The van der Waals surface area contributed by atoms with Gasteiger partial charge in [0.15, 0.2) is 0 Å². The van der Waals surface area contributed by atoms with E-state index in [1.54, 1.807) is 6.92 Å². The molecule has 1 aliphatic rings. The van der Waals surface area contributed by atoms with Crippen molar-refractivity contribution >= 4 is 17.3 Å². The van der Waals surface area contributed by atoms with Crippen LogP contribution in [0.4, 0.5) is 5.69 Å². The number of nitrogens with zero attached hydrogens (tertiary/aromatic N) is 1. The van der Waals surface area contributed by atoms with Gasteiger partial charge in [0.05, 0.1) is 6.10 Å². The molecule has 0 radical (unpaired) electrons. The average molecular weight is 268 g/mol. The van der Waals surface area contributed by atoms with Gasteiger partial charge in [-0.15, -0.1) is 0 Å². The van der Waals surface area contributed by atoms with Crippen molar-refractivity contribution in [1.29, 1.82) is 0 Å². The van der Waals surface area contributed by atoms with Gasteiger partial charge in [0.25, 0.3) is 0 Å². The highest BCUT2D eigenvalue weighted by Gasteiger charge is 2.22. The molecule has 1 fully saturated rings. The fraction of sp³-hybridized carbons (Fsp3) is 0.600. The molecule has 0 amide bonds. The summed E-state index contributed by atoms with van der Waals surface area (Å²) in [5.74, 6) is 0.824. The highest BCUT2D eigenvalue weighted by Crippen LogP contribution is 2.31. The number of benzene rings is 1. The molecule has 1 heterocycles. The van der Waals surface area contributed by atoms with Crippen LogP contribution in [-0.2, 0) is 0 Å². The lowest BCUT2D eigenvalue weighted by molar-refractivity contribution is 0.199. The molecule has 0 aromatic heterocycles. The highest BCUT2D eigenvalue weighted by molar-refractivity contribution is 6.31. The normalized spacial score (nSPS) is 21.3. The summed E-state index contributed by atoms with van der Waals surface area (Å²) in [6.45, 7) is 6.25. The van der Waals surface area contributed by atoms with Gasteiger partial charge in [-0.05, 0) is 43.4 Å². The first-order chi connectivity index (χ1) is 8.61. The Morgan fingerprint density at radius 2 is 2.28 bits per heavy atom. The smallest absolute Gasteiger partial charge is 0.0776 e. The molecule has 1 N–H and O–H groups in total. The molecule has 18 heavy (non-hydrogen) atoms. The van der Waals surface area contributed by atoms with Crippen LogP contribution in [0.3, 0.4) is 0 Å². The van der Waals surface area contributed by atoms with E-state index in [-0.39, 0.29) is 0 Å². The van der Waals surface area contributed by atoms with E-state index >= 15 is 0 Å². The zero-order valence-electron chi connectivity index (χ0n) is 11.2. The standard InChI is InChI=1S/C15H22ClNO/c1-3-4-12-7-8-17(10-12)13-5-6-14(11(2)18)15(16)9-13/h5-6,9,11-12,18H,3-4,7-8,10H2,1-2H3. The molecule has 0 saturated carbocycles. The summed E-state index contributed by atoms with van der Waals surface area (Å²) in [7, 11) is 0. The van der Waals surface area contributed by atoms with Crippen molar-refractivity contribution in [3.05, 3.63) is 28.8 Å². The Morgan fingerprint density at radius 3 is 2.89 bits per heavy atom. The van der Waals surface area contributed by atoms with Gasteiger partial charge in [-0.2, -0.15) is 0 Å². The molecule has 1 aliphatic heterocycles. The van der Waals surface area contributed by atoms with Crippen LogP contribution in [-0.4, -0.2) is 18.2 Å². The lowest BCUT2D eigenvalue weighted by atomic mass is 10.0. The minimum Gasteiger partial charge on any atom is -0.389 e. The summed E-state index contributed by atoms with van der Waals surface area (Å²) in [5.41, 5.74) is 1.99. The Labute approximate surface area is 115 Å². The van der Waals surface area contributed by atoms with E-state index < -0.39 is 6.10 Å². The first-order valence-electron chi connectivity index (χ1n) is 6.84. The van der Waals surface area contributed by atoms with E-state index in [4.69, 9.17) is 11.6 Å². The minimum absolute atomic E-state index is 0.502. The van der Waals surface area contributed by atoms with E-state index in [9.17, 15) is 5.11 Å². The maximum Gasteiger partial charge on any atom is 0.0776 e. The van der Waals surface area contributed by atoms with Gasteiger partial charge < -0.3 is 10.0 Å². The summed E-state index contributed by atoms with van der Waals surface area (Å²) in [4.78, 5) is 2.40. The fourth-order valence-corrected chi connectivity index (χ4v) is 3.10. The maximum absolute atomic E-state index is 9.57. The maximum atomic E-state index is 9.57. The molecular formula is C15H22ClNO. The topological polar surface area (TPSA) is 23.5 Å². The summed E-state index contributed by atoms with van der Waals surface area (Å²) < 4.78 is 0. The number of hydrogen-bond acceptors (Lipinski definition) is 2. The number of anilines is 1. The predicted octanol–water partition coefficient (Wildman–Crippen LogP) is 4.02. The van der Waals surface area contributed by atoms with Gasteiger partial charge in [-0.25, -0.2) is 0 Å². The van der Waals surface area contributed by atoms with Crippen LogP contribution in [0.2, 0.25) is 5.02 Å². The van der Waals surface area contributed by atoms with Gasteiger partial charge in [0.2, 0.25) is 0 Å². The van der Waals surface area contributed by atoms with Crippen molar-refractivity contribution in [2.75, 3.05) is 18.0 Å². The molecule has 1 saturated heterocycles. The first kappa shape index (κ1) is 13.7. The molecule has 0 aliphatic carbocycles. The highest BCUT2D eigenvalue weighted by atomic mass is 35.5. The quantitative estimate of drug-likeness (QED) is 0.891. The lowest BCUT2D eigenvalue weighted by Gasteiger charge is -2.20. The van der Waals surface area contributed by atoms with Crippen LogP contribution in [0, 0.1) is 5.92 Å². The van der Waals surface area contributed by atoms with Crippen LogP contribution in [0.1, 0.15) is 44.8 Å². The SMILES string of the molecule is CCCC1CCN(c2ccc(C(C)O)c(Cl)c2)C1. The Bertz CT molecular complexity index is 405. The molecule has 2 atom stereocenters. The fourth-order valence-electron chi connectivity index (χ4n) is 2.76. The van der Waals surface area contributed by atoms with Crippen molar-refractivity contribution in [2.24, 2.45) is 5.92 Å². The molecule has 100 valence electrons. The van der Waals surface area contributed by atoms with Crippen molar-refractivity contribution in [1.82, 2.24) is 0 Å². The average Bonchev–Trinajstić information content (AvgIpc) is 2.77. The molecule has 0 spiro atoms. The number of aliphatic hydroxyl groups excluding tert-OH is 1. The van der Waals surface area contributed by atoms with Crippen molar-refractivity contribution in [3.8, 4) is 0 Å². The second-order valence-corrected chi connectivity index (χ2v) is 5.68. The van der Waals surface area contributed by atoms with Crippen molar-refractivity contribution in [3.63, 3.8) is 0 Å². The van der Waals surface area contributed by atoms with Crippen LogP contribution in [0.15, 0.2) is 18.2 Å². The molecule has 0 bridgehead atoms. The molecule has 1 aromatic rings. The third-order valence-electron chi connectivity index (χ3n) is 3.78. The van der Waals surface area contributed by atoms with E-state index in [1.807, 2.05) is 12.1 Å². The molecule has 1 aromatic carbocycles. The van der Waals surface area contributed by atoms with Gasteiger partial charge in [-0.3, -0.25) is 0 Å². The van der Waals surface area contributed by atoms with E-state index in [1.165, 1.54) is 24.9 Å². The second kappa shape index (κ2) is 5.94. The van der Waals surface area contributed by atoms with Crippen molar-refractivity contribution in [2.45, 2.75) is 39.2 Å². The third kappa shape index (κ3) is 2.99. The monoisotopic (exact) mass is 267 g/mol. The van der Waals surface area contributed by atoms with Crippen LogP contribution < -0.4 is 4.90 Å². The Balaban J connectivity index is 2.09. The lowest BCUT2D eigenvalue weighted by Crippen LogP contribution is -2.19. The van der Waals surface area contributed by atoms with Gasteiger partial charge in [0.1, 0.15) is 0 Å². The zero-order chi connectivity index (χ0) is 13.1. The second-order valence-electron chi connectivity index (χ2n) is 5.27. The van der Waals surface area contributed by atoms with Crippen LogP contribution in [0.5, 0.6) is 0 Å². The van der Waals surface area contributed by atoms with E-state index in [2.05, 4.69) is 17.9 Å². The number of aliphatic hydroxyl groups is 1. The molecule has 2 nitrogen and oxygen atoms in total. The Kier molecular flexibility index (Phi) is 4.52. The summed E-state index contributed by atoms with van der Waals surface area (Å²) in [6.07, 6.45) is 3.36. The van der Waals surface area contributed by atoms with Crippen LogP contribution >= 0.6 is 11.6 Å². The minimum atomic E-state index is -0.502. The van der Waals surface area contributed by atoms with E-state index in [0.29, 0.717) is 5.02 Å². The van der Waals surface area contributed by atoms with Gasteiger partial charge in [-0.1, -0.05) is 31.0 Å². The Hall–Kier alpha value is -0.730. The summed E-state index contributed by atoms with van der Waals surface area (Å²) in [5, 5.41) is 10.2.